The summed E-state index contributed by atoms with van der Waals surface area (Å²) >= 11 is 0. The largest absolute Gasteiger partial charge is 0.352 e. The van der Waals surface area contributed by atoms with Crippen molar-refractivity contribution in [1.82, 2.24) is 10.6 Å². The Balaban J connectivity index is 2.03. The van der Waals surface area contributed by atoms with Crippen LogP contribution >= 0.6 is 0 Å². The minimum absolute atomic E-state index is 0.119. The first-order chi connectivity index (χ1) is 14.2. The van der Waals surface area contributed by atoms with Gasteiger partial charge in [-0.15, -0.1) is 0 Å². The molecule has 1 aliphatic rings. The van der Waals surface area contributed by atoms with Gasteiger partial charge in [0.15, 0.2) is 0 Å². The van der Waals surface area contributed by atoms with E-state index in [1.165, 1.54) is 25.7 Å². The highest BCUT2D eigenvalue weighted by atomic mass is 16.2. The van der Waals surface area contributed by atoms with Gasteiger partial charge in [0.2, 0.25) is 0 Å². The first-order valence-corrected chi connectivity index (χ1v) is 11.1. The van der Waals surface area contributed by atoms with E-state index < -0.39 is 0 Å². The van der Waals surface area contributed by atoms with E-state index in [4.69, 9.17) is 0 Å². The maximum absolute atomic E-state index is 12.7. The molecule has 4 heteroatoms. The van der Waals surface area contributed by atoms with Crippen molar-refractivity contribution in [2.75, 3.05) is 13.1 Å². The van der Waals surface area contributed by atoms with Crippen LogP contribution in [0.2, 0.25) is 0 Å². The van der Waals surface area contributed by atoms with Gasteiger partial charge in [0.1, 0.15) is 0 Å². The molecular weight excluding hydrogens is 360 g/mol. The number of benzene rings is 1. The third-order valence-corrected chi connectivity index (χ3v) is 5.09. The SMILES string of the molecule is CCCCCCNC(=O)c1cc([C]2[CH][CH][CH][CH]2)cc(C(=O)NCCCCCC)c1. The zero-order valence-electron chi connectivity index (χ0n) is 17.9. The minimum atomic E-state index is -0.119. The molecule has 0 aliphatic heterocycles. The topological polar surface area (TPSA) is 58.2 Å². The first-order valence-electron chi connectivity index (χ1n) is 11.1. The minimum Gasteiger partial charge on any atom is -0.352 e. The Morgan fingerprint density at radius 3 is 1.62 bits per heavy atom. The predicted molar refractivity (Wildman–Crippen MR) is 119 cm³/mol. The van der Waals surface area contributed by atoms with Crippen molar-refractivity contribution < 1.29 is 9.59 Å². The van der Waals surface area contributed by atoms with E-state index in [0.29, 0.717) is 24.2 Å². The summed E-state index contributed by atoms with van der Waals surface area (Å²) in [5, 5.41) is 5.98. The maximum atomic E-state index is 12.7. The van der Waals surface area contributed by atoms with Gasteiger partial charge < -0.3 is 10.6 Å². The smallest absolute Gasteiger partial charge is 0.251 e. The fourth-order valence-electron chi connectivity index (χ4n) is 3.33. The normalized spacial score (nSPS) is 14.1. The van der Waals surface area contributed by atoms with Crippen molar-refractivity contribution in [2.45, 2.75) is 65.2 Å². The van der Waals surface area contributed by atoms with Gasteiger partial charge in [0, 0.05) is 30.1 Å². The van der Waals surface area contributed by atoms with Crippen LogP contribution < -0.4 is 10.6 Å². The molecular formula is C25H35N2O2. The van der Waals surface area contributed by atoms with Gasteiger partial charge in [0.25, 0.3) is 11.8 Å². The van der Waals surface area contributed by atoms with Gasteiger partial charge >= 0.3 is 0 Å². The summed E-state index contributed by atoms with van der Waals surface area (Å²) in [4.78, 5) is 25.3. The predicted octanol–water partition coefficient (Wildman–Crippen LogP) is 5.06. The number of amides is 2. The van der Waals surface area contributed by atoms with Crippen LogP contribution in [0.25, 0.3) is 0 Å². The first kappa shape index (κ1) is 23.4. The molecule has 5 radical (unpaired) electrons. The van der Waals surface area contributed by atoms with E-state index in [1.807, 2.05) is 37.8 Å². The van der Waals surface area contributed by atoms with Gasteiger partial charge in [-0.1, -0.05) is 52.4 Å². The number of rotatable bonds is 13. The van der Waals surface area contributed by atoms with E-state index in [9.17, 15) is 9.59 Å². The van der Waals surface area contributed by atoms with E-state index in [2.05, 4.69) is 24.5 Å². The zero-order chi connectivity index (χ0) is 20.9. The Morgan fingerprint density at radius 2 is 1.17 bits per heavy atom. The zero-order valence-corrected chi connectivity index (χ0v) is 17.9. The molecule has 0 spiro atoms. The number of hydrogen-bond donors (Lipinski definition) is 2. The van der Waals surface area contributed by atoms with Crippen LogP contribution in [0.15, 0.2) is 18.2 Å². The molecule has 0 heterocycles. The standard InChI is InChI=1S/C25H35N2O2/c1-3-5-7-11-15-26-24(28)22-17-21(20-13-9-10-14-20)18-23(19-22)25(29)27-16-12-8-6-4-2/h9-10,13-14,17-19H,3-8,11-12,15-16H2,1-2H3,(H,26,28)(H,27,29). The highest BCUT2D eigenvalue weighted by Crippen LogP contribution is 2.31. The Bertz CT molecular complexity index is 591. The lowest BCUT2D eigenvalue weighted by atomic mass is 9.93. The quantitative estimate of drug-likeness (QED) is 0.459. The molecule has 1 saturated carbocycles. The summed E-state index contributed by atoms with van der Waals surface area (Å²) in [6.45, 7) is 5.67. The molecule has 2 amide bonds. The van der Waals surface area contributed by atoms with E-state index in [0.717, 1.165) is 37.2 Å². The second-order valence-electron chi connectivity index (χ2n) is 7.61. The van der Waals surface area contributed by atoms with Crippen LogP contribution in [-0.4, -0.2) is 24.9 Å². The van der Waals surface area contributed by atoms with Crippen molar-refractivity contribution in [3.63, 3.8) is 0 Å². The number of hydrogen-bond acceptors (Lipinski definition) is 2. The molecule has 1 aliphatic carbocycles. The molecule has 0 atom stereocenters. The lowest BCUT2D eigenvalue weighted by Crippen LogP contribution is -2.27. The molecule has 157 valence electrons. The number of carbonyl (C=O) groups excluding carboxylic acids is 2. The second-order valence-corrected chi connectivity index (χ2v) is 7.61. The molecule has 2 rings (SSSR count). The lowest BCUT2D eigenvalue weighted by molar-refractivity contribution is 0.0952. The Kier molecular flexibility index (Phi) is 10.8. The molecule has 0 unspecified atom stereocenters. The molecule has 4 nitrogen and oxygen atoms in total. The molecule has 0 saturated heterocycles. The third-order valence-electron chi connectivity index (χ3n) is 5.09. The van der Waals surface area contributed by atoms with Crippen molar-refractivity contribution in [2.24, 2.45) is 0 Å². The number of nitrogens with one attached hydrogen (secondary N) is 2. The highest BCUT2D eigenvalue weighted by molar-refractivity contribution is 6.00. The van der Waals surface area contributed by atoms with Crippen LogP contribution in [0, 0.1) is 31.6 Å². The summed E-state index contributed by atoms with van der Waals surface area (Å²) in [5.74, 6) is 0.776. The molecule has 0 aromatic heterocycles. The van der Waals surface area contributed by atoms with Gasteiger partial charge in [-0.05, 0) is 62.3 Å². The van der Waals surface area contributed by atoms with Gasteiger partial charge in [-0.25, -0.2) is 0 Å². The van der Waals surface area contributed by atoms with Crippen molar-refractivity contribution in [1.29, 1.82) is 0 Å². The van der Waals surface area contributed by atoms with Crippen LogP contribution in [-0.2, 0) is 0 Å². The maximum Gasteiger partial charge on any atom is 0.251 e. The third kappa shape index (κ3) is 8.20. The lowest BCUT2D eigenvalue weighted by Gasteiger charge is -2.14. The van der Waals surface area contributed by atoms with E-state index >= 15 is 0 Å². The number of carbonyl (C=O) groups is 2. The van der Waals surface area contributed by atoms with Gasteiger partial charge in [0.05, 0.1) is 0 Å². The van der Waals surface area contributed by atoms with Crippen molar-refractivity contribution >= 4 is 11.8 Å². The average molecular weight is 396 g/mol. The van der Waals surface area contributed by atoms with E-state index in [1.54, 1.807) is 6.07 Å². The van der Waals surface area contributed by atoms with Gasteiger partial charge in [-0.2, -0.15) is 0 Å². The summed E-state index contributed by atoms with van der Waals surface area (Å²) in [7, 11) is 0. The van der Waals surface area contributed by atoms with Crippen LogP contribution in [0.4, 0.5) is 0 Å². The molecule has 2 N–H and O–H groups in total. The fourth-order valence-corrected chi connectivity index (χ4v) is 3.33. The van der Waals surface area contributed by atoms with E-state index in [-0.39, 0.29) is 11.8 Å². The number of unbranched alkanes of at least 4 members (excludes halogenated alkanes) is 6. The Morgan fingerprint density at radius 1 is 0.690 bits per heavy atom. The molecule has 0 bridgehead atoms. The second kappa shape index (κ2) is 13.4. The average Bonchev–Trinajstić information content (AvgIpc) is 3.28. The molecule has 1 fully saturated rings. The molecule has 1 aromatic carbocycles. The molecule has 1 aromatic rings. The van der Waals surface area contributed by atoms with Gasteiger partial charge in [-0.3, -0.25) is 9.59 Å². The van der Waals surface area contributed by atoms with Crippen molar-refractivity contribution in [3.05, 3.63) is 66.5 Å². The Hall–Kier alpha value is -1.84. The monoisotopic (exact) mass is 395 g/mol. The van der Waals surface area contributed by atoms with Crippen LogP contribution in [0.3, 0.4) is 0 Å². The molecule has 29 heavy (non-hydrogen) atoms. The van der Waals surface area contributed by atoms with Crippen LogP contribution in [0.1, 0.15) is 91.5 Å². The highest BCUT2D eigenvalue weighted by Gasteiger charge is 2.22. The van der Waals surface area contributed by atoms with Crippen molar-refractivity contribution in [3.8, 4) is 0 Å². The van der Waals surface area contributed by atoms with Crippen LogP contribution in [0.5, 0.6) is 0 Å². The summed E-state index contributed by atoms with van der Waals surface area (Å²) in [6.07, 6.45) is 16.8. The fraction of sp³-hybridized carbons (Fsp3) is 0.480. The summed E-state index contributed by atoms with van der Waals surface area (Å²) < 4.78 is 0. The summed E-state index contributed by atoms with van der Waals surface area (Å²) in [6, 6.07) is 5.44. The Labute approximate surface area is 177 Å². The summed E-state index contributed by atoms with van der Waals surface area (Å²) in [5.41, 5.74) is 1.97.